The van der Waals surface area contributed by atoms with Crippen molar-refractivity contribution in [2.24, 2.45) is 0 Å². The fourth-order valence-electron chi connectivity index (χ4n) is 3.18. The number of carboxylic acid groups (broad SMARTS) is 1. The highest BCUT2D eigenvalue weighted by atomic mass is 16.5. The van der Waals surface area contributed by atoms with Crippen LogP contribution in [0.15, 0.2) is 36.4 Å². The SMILES string of the molecule is COc1cccc([C@@H]2O[C@@H](CC(=O)O)C(=O)Nc3ccc(C)cc32)c1OC. The van der Waals surface area contributed by atoms with Crippen molar-refractivity contribution in [3.63, 3.8) is 0 Å². The number of nitrogens with one attached hydrogen (secondary N) is 1. The van der Waals surface area contributed by atoms with E-state index in [1.165, 1.54) is 14.2 Å². The zero-order valence-corrected chi connectivity index (χ0v) is 15.3. The standard InChI is InChI=1S/C20H21NO6/c1-11-7-8-14-13(9-11)18(27-16(10-17(22)23)20(24)21-14)12-5-4-6-15(25-2)19(12)26-3/h4-9,16,18H,10H2,1-3H3,(H,21,24)(H,22,23)/t16-,18-/m0/s1. The first-order chi connectivity index (χ1) is 12.9. The number of carbonyl (C=O) groups excluding carboxylic acids is 1. The second-order valence-corrected chi connectivity index (χ2v) is 6.27. The first-order valence-electron chi connectivity index (χ1n) is 8.44. The molecule has 7 heteroatoms. The predicted molar refractivity (Wildman–Crippen MR) is 98.3 cm³/mol. The Balaban J connectivity index is 2.18. The second-order valence-electron chi connectivity index (χ2n) is 6.27. The normalized spacial score (nSPS) is 18.9. The summed E-state index contributed by atoms with van der Waals surface area (Å²) in [4.78, 5) is 23.7. The Morgan fingerprint density at radius 3 is 2.63 bits per heavy atom. The van der Waals surface area contributed by atoms with E-state index >= 15 is 0 Å². The minimum absolute atomic E-state index is 0.443. The van der Waals surface area contributed by atoms with Crippen molar-refractivity contribution >= 4 is 17.6 Å². The molecule has 0 aromatic heterocycles. The third-order valence-corrected chi connectivity index (χ3v) is 4.42. The molecule has 0 bridgehead atoms. The monoisotopic (exact) mass is 371 g/mol. The van der Waals surface area contributed by atoms with Crippen molar-refractivity contribution in [3.8, 4) is 11.5 Å². The highest BCUT2D eigenvalue weighted by molar-refractivity contribution is 5.97. The largest absolute Gasteiger partial charge is 0.493 e. The summed E-state index contributed by atoms with van der Waals surface area (Å²) in [5, 5.41) is 11.9. The van der Waals surface area contributed by atoms with Gasteiger partial charge in [-0.15, -0.1) is 0 Å². The van der Waals surface area contributed by atoms with Crippen LogP contribution in [-0.2, 0) is 14.3 Å². The van der Waals surface area contributed by atoms with E-state index in [4.69, 9.17) is 14.2 Å². The summed E-state index contributed by atoms with van der Waals surface area (Å²) in [5.74, 6) is -0.618. The average Bonchev–Trinajstić information content (AvgIpc) is 2.77. The summed E-state index contributed by atoms with van der Waals surface area (Å²) in [7, 11) is 3.05. The molecule has 0 fully saturated rings. The second kappa shape index (κ2) is 7.67. The van der Waals surface area contributed by atoms with Crippen molar-refractivity contribution in [2.45, 2.75) is 25.6 Å². The van der Waals surface area contributed by atoms with E-state index < -0.39 is 30.5 Å². The van der Waals surface area contributed by atoms with Crippen LogP contribution in [0.2, 0.25) is 0 Å². The zero-order valence-electron chi connectivity index (χ0n) is 15.3. The van der Waals surface area contributed by atoms with Gasteiger partial charge >= 0.3 is 5.97 Å². The van der Waals surface area contributed by atoms with E-state index in [1.807, 2.05) is 25.1 Å². The summed E-state index contributed by atoms with van der Waals surface area (Å²) >= 11 is 0. The number of carboxylic acids is 1. The molecule has 1 aliphatic rings. The predicted octanol–water partition coefficient (Wildman–Crippen LogP) is 2.91. The van der Waals surface area contributed by atoms with E-state index in [0.717, 1.165) is 11.1 Å². The van der Waals surface area contributed by atoms with Gasteiger partial charge in [-0.3, -0.25) is 9.59 Å². The van der Waals surface area contributed by atoms with Crippen LogP contribution < -0.4 is 14.8 Å². The first kappa shape index (κ1) is 18.7. The van der Waals surface area contributed by atoms with Crippen molar-refractivity contribution in [3.05, 3.63) is 53.1 Å². The summed E-state index contributed by atoms with van der Waals surface area (Å²) < 4.78 is 16.9. The topological polar surface area (TPSA) is 94.1 Å². The van der Waals surface area contributed by atoms with Crippen molar-refractivity contribution in [2.75, 3.05) is 19.5 Å². The Hall–Kier alpha value is -3.06. The number of para-hydroxylation sites is 1. The van der Waals surface area contributed by atoms with Crippen LogP contribution in [0.5, 0.6) is 11.5 Å². The number of aliphatic carboxylic acids is 1. The number of rotatable bonds is 5. The van der Waals surface area contributed by atoms with Gasteiger partial charge in [-0.2, -0.15) is 0 Å². The molecule has 1 amide bonds. The summed E-state index contributed by atoms with van der Waals surface area (Å²) in [6, 6.07) is 10.9. The molecule has 1 aliphatic heterocycles. The number of carbonyl (C=O) groups is 2. The first-order valence-corrected chi connectivity index (χ1v) is 8.44. The van der Waals surface area contributed by atoms with E-state index in [1.54, 1.807) is 18.2 Å². The van der Waals surface area contributed by atoms with Crippen LogP contribution in [0.25, 0.3) is 0 Å². The lowest BCUT2D eigenvalue weighted by atomic mass is 9.97. The Bertz CT molecular complexity index is 879. The van der Waals surface area contributed by atoms with Crippen LogP contribution in [-0.4, -0.2) is 37.3 Å². The van der Waals surface area contributed by atoms with Gasteiger partial charge in [0.2, 0.25) is 0 Å². The van der Waals surface area contributed by atoms with Crippen LogP contribution in [0.1, 0.15) is 29.2 Å². The summed E-state index contributed by atoms with van der Waals surface area (Å²) in [6.07, 6.45) is -2.29. The molecule has 7 nitrogen and oxygen atoms in total. The van der Waals surface area contributed by atoms with Gasteiger partial charge in [0, 0.05) is 16.8 Å². The highest BCUT2D eigenvalue weighted by Gasteiger charge is 2.34. The molecule has 0 aliphatic carbocycles. The molecule has 3 rings (SSSR count). The van der Waals surface area contributed by atoms with E-state index in [0.29, 0.717) is 22.7 Å². The van der Waals surface area contributed by atoms with Gasteiger partial charge in [0.15, 0.2) is 11.5 Å². The Labute approximate surface area is 156 Å². The molecule has 2 N–H and O–H groups in total. The number of aryl methyl sites for hydroxylation is 1. The quantitative estimate of drug-likeness (QED) is 0.839. The molecule has 27 heavy (non-hydrogen) atoms. The smallest absolute Gasteiger partial charge is 0.306 e. The average molecular weight is 371 g/mol. The fraction of sp³-hybridized carbons (Fsp3) is 0.300. The van der Waals surface area contributed by atoms with Gasteiger partial charge in [0.25, 0.3) is 5.91 Å². The third-order valence-electron chi connectivity index (χ3n) is 4.42. The molecule has 0 saturated heterocycles. The van der Waals surface area contributed by atoms with Gasteiger partial charge in [-0.1, -0.05) is 29.8 Å². The lowest BCUT2D eigenvalue weighted by Crippen LogP contribution is -2.31. The number of ether oxygens (including phenoxy) is 3. The molecular formula is C20H21NO6. The number of hydrogen-bond donors (Lipinski definition) is 2. The fourth-order valence-corrected chi connectivity index (χ4v) is 3.18. The molecule has 0 unspecified atom stereocenters. The molecule has 2 aromatic carbocycles. The van der Waals surface area contributed by atoms with Gasteiger partial charge in [-0.05, 0) is 19.1 Å². The zero-order chi connectivity index (χ0) is 19.6. The summed E-state index contributed by atoms with van der Waals surface area (Å²) in [5.41, 5.74) is 2.93. The highest BCUT2D eigenvalue weighted by Crippen LogP contribution is 2.43. The lowest BCUT2D eigenvalue weighted by Gasteiger charge is -2.24. The Kier molecular flexibility index (Phi) is 5.32. The summed E-state index contributed by atoms with van der Waals surface area (Å²) in [6.45, 7) is 1.93. The van der Waals surface area contributed by atoms with Gasteiger partial charge in [-0.25, -0.2) is 0 Å². The van der Waals surface area contributed by atoms with Crippen molar-refractivity contribution in [1.29, 1.82) is 0 Å². The number of methoxy groups -OCH3 is 2. The molecule has 2 atom stereocenters. The molecule has 1 heterocycles. The number of anilines is 1. The molecule has 0 spiro atoms. The maximum Gasteiger partial charge on any atom is 0.306 e. The number of benzene rings is 2. The van der Waals surface area contributed by atoms with Crippen LogP contribution in [0, 0.1) is 6.92 Å². The van der Waals surface area contributed by atoms with Crippen molar-refractivity contribution < 1.29 is 28.9 Å². The van der Waals surface area contributed by atoms with E-state index in [9.17, 15) is 14.7 Å². The Morgan fingerprint density at radius 2 is 1.96 bits per heavy atom. The van der Waals surface area contributed by atoms with Crippen LogP contribution >= 0.6 is 0 Å². The molecule has 142 valence electrons. The number of amides is 1. The lowest BCUT2D eigenvalue weighted by molar-refractivity contribution is -0.146. The van der Waals surface area contributed by atoms with E-state index in [-0.39, 0.29) is 0 Å². The third kappa shape index (κ3) is 3.73. The number of hydrogen-bond acceptors (Lipinski definition) is 5. The molecule has 2 aromatic rings. The van der Waals surface area contributed by atoms with E-state index in [2.05, 4.69) is 5.32 Å². The molecular weight excluding hydrogens is 350 g/mol. The number of fused-ring (bicyclic) bond motifs is 1. The minimum Gasteiger partial charge on any atom is -0.493 e. The Morgan fingerprint density at radius 1 is 1.19 bits per heavy atom. The minimum atomic E-state index is -1.14. The van der Waals surface area contributed by atoms with Crippen molar-refractivity contribution in [1.82, 2.24) is 0 Å². The molecule has 0 radical (unpaired) electrons. The maximum absolute atomic E-state index is 12.5. The maximum atomic E-state index is 12.5. The van der Waals surface area contributed by atoms with Gasteiger partial charge < -0.3 is 24.6 Å². The molecule has 0 saturated carbocycles. The van der Waals surface area contributed by atoms with Gasteiger partial charge in [0.05, 0.1) is 20.6 Å². The van der Waals surface area contributed by atoms with Gasteiger partial charge in [0.1, 0.15) is 12.2 Å². The van der Waals surface area contributed by atoms with Crippen LogP contribution in [0.4, 0.5) is 5.69 Å². The van der Waals surface area contributed by atoms with Crippen LogP contribution in [0.3, 0.4) is 0 Å².